The molecule has 0 bridgehead atoms. The van der Waals surface area contributed by atoms with E-state index in [1.165, 1.54) is 0 Å². The predicted molar refractivity (Wildman–Crippen MR) is 109 cm³/mol. The van der Waals surface area contributed by atoms with Gasteiger partial charge in [0.15, 0.2) is 0 Å². The van der Waals surface area contributed by atoms with E-state index in [0.717, 1.165) is 11.0 Å². The average Bonchev–Trinajstić information content (AvgIpc) is 2.67. The monoisotopic (exact) mass is 379 g/mol. The largest absolute Gasteiger partial charge is 0.495 e. The lowest BCUT2D eigenvalue weighted by Crippen LogP contribution is -2.41. The van der Waals surface area contributed by atoms with Gasteiger partial charge in [-0.2, -0.15) is 0 Å². The van der Waals surface area contributed by atoms with Crippen molar-refractivity contribution in [3.63, 3.8) is 0 Å². The van der Waals surface area contributed by atoms with Gasteiger partial charge in [0.25, 0.3) is 0 Å². The summed E-state index contributed by atoms with van der Waals surface area (Å²) < 4.78 is 17.6. The maximum Gasteiger partial charge on any atom is 0.495 e. The van der Waals surface area contributed by atoms with Crippen molar-refractivity contribution in [1.29, 1.82) is 0 Å². The Morgan fingerprint density at radius 3 is 2.12 bits per heavy atom. The van der Waals surface area contributed by atoms with Crippen molar-refractivity contribution in [2.75, 3.05) is 5.32 Å². The maximum absolute atomic E-state index is 12.0. The summed E-state index contributed by atoms with van der Waals surface area (Å²) in [4.78, 5) is 12.7. The average molecular weight is 379 g/mol. The van der Waals surface area contributed by atoms with Crippen molar-refractivity contribution >= 4 is 37.0 Å². The molecule has 144 valence electrons. The number of carbonyl (C=O) groups is 1. The SMILES string of the molecule is CC(C)OC(=O)Nc1ccc(B2OC(C)(C)C(C)(C)O2)c(C(C)C)c1S. The molecule has 0 aromatic heterocycles. The molecular weight excluding hydrogens is 349 g/mol. The molecule has 1 amide bonds. The number of amides is 1. The van der Waals surface area contributed by atoms with Crippen LogP contribution < -0.4 is 10.8 Å². The lowest BCUT2D eigenvalue weighted by Gasteiger charge is -2.32. The van der Waals surface area contributed by atoms with Crippen molar-refractivity contribution in [3.8, 4) is 0 Å². The van der Waals surface area contributed by atoms with Gasteiger partial charge < -0.3 is 14.0 Å². The number of thiol groups is 1. The highest BCUT2D eigenvalue weighted by Crippen LogP contribution is 2.38. The molecule has 1 saturated heterocycles. The molecule has 5 nitrogen and oxygen atoms in total. The molecule has 7 heteroatoms. The molecule has 1 fully saturated rings. The van der Waals surface area contributed by atoms with Gasteiger partial charge in [-0.15, -0.1) is 12.6 Å². The number of benzene rings is 1. The van der Waals surface area contributed by atoms with Crippen LogP contribution in [0.1, 0.15) is 66.9 Å². The van der Waals surface area contributed by atoms with Crippen molar-refractivity contribution < 1.29 is 18.8 Å². The summed E-state index contributed by atoms with van der Waals surface area (Å²) >= 11 is 4.68. The van der Waals surface area contributed by atoms with Crippen molar-refractivity contribution in [1.82, 2.24) is 0 Å². The number of rotatable bonds is 4. The van der Waals surface area contributed by atoms with Gasteiger partial charge in [-0.05, 0) is 64.6 Å². The number of carbonyl (C=O) groups excluding carboxylic acids is 1. The smallest absolute Gasteiger partial charge is 0.447 e. The van der Waals surface area contributed by atoms with E-state index in [2.05, 4.69) is 31.8 Å². The molecule has 1 N–H and O–H groups in total. The van der Waals surface area contributed by atoms with Crippen LogP contribution in [0.15, 0.2) is 17.0 Å². The molecule has 0 saturated carbocycles. The fraction of sp³-hybridized carbons (Fsp3) is 0.632. The first-order chi connectivity index (χ1) is 11.9. The number of anilines is 1. The van der Waals surface area contributed by atoms with E-state index in [-0.39, 0.29) is 12.0 Å². The second-order valence-electron chi connectivity index (χ2n) is 8.29. The quantitative estimate of drug-likeness (QED) is 0.603. The molecule has 0 atom stereocenters. The van der Waals surface area contributed by atoms with Crippen LogP contribution in [-0.4, -0.2) is 30.5 Å². The third kappa shape index (κ3) is 4.21. The first kappa shape index (κ1) is 21.1. The Kier molecular flexibility index (Phi) is 6.05. The van der Waals surface area contributed by atoms with E-state index >= 15 is 0 Å². The summed E-state index contributed by atoms with van der Waals surface area (Å²) in [5.41, 5.74) is 1.71. The van der Waals surface area contributed by atoms with E-state index < -0.39 is 24.4 Å². The molecule has 1 aliphatic heterocycles. The Morgan fingerprint density at radius 1 is 1.12 bits per heavy atom. The van der Waals surface area contributed by atoms with Gasteiger partial charge in [0.1, 0.15) is 0 Å². The van der Waals surface area contributed by atoms with Gasteiger partial charge in [-0.1, -0.05) is 19.9 Å². The second-order valence-corrected chi connectivity index (χ2v) is 8.73. The Morgan fingerprint density at radius 2 is 1.65 bits per heavy atom. The Hall–Kier alpha value is -1.18. The minimum absolute atomic E-state index is 0.180. The zero-order valence-corrected chi connectivity index (χ0v) is 17.9. The van der Waals surface area contributed by atoms with Crippen molar-refractivity contribution in [2.24, 2.45) is 0 Å². The van der Waals surface area contributed by atoms with Crippen LogP contribution in [0.3, 0.4) is 0 Å². The Bertz CT molecular complexity index is 672. The summed E-state index contributed by atoms with van der Waals surface area (Å²) in [5.74, 6) is 0.180. The molecule has 2 rings (SSSR count). The lowest BCUT2D eigenvalue weighted by atomic mass is 9.73. The van der Waals surface area contributed by atoms with Crippen LogP contribution in [0.2, 0.25) is 0 Å². The summed E-state index contributed by atoms with van der Waals surface area (Å²) in [5, 5.41) is 2.77. The molecule has 0 radical (unpaired) electrons. The summed E-state index contributed by atoms with van der Waals surface area (Å²) in [6.45, 7) is 15.9. The van der Waals surface area contributed by atoms with Gasteiger partial charge in [0, 0.05) is 4.90 Å². The summed E-state index contributed by atoms with van der Waals surface area (Å²) in [7, 11) is -0.472. The molecule has 26 heavy (non-hydrogen) atoms. The highest BCUT2D eigenvalue weighted by Gasteiger charge is 2.52. The normalized spacial score (nSPS) is 18.5. The molecule has 1 heterocycles. The first-order valence-electron chi connectivity index (χ1n) is 9.04. The van der Waals surface area contributed by atoms with E-state index in [9.17, 15) is 4.79 Å². The minimum atomic E-state index is -0.492. The predicted octanol–water partition coefficient (Wildman–Crippen LogP) is 4.35. The molecule has 1 aromatic carbocycles. The second kappa shape index (κ2) is 7.45. The molecule has 1 aliphatic rings. The zero-order chi connectivity index (χ0) is 19.9. The van der Waals surface area contributed by atoms with Crippen LogP contribution in [0.5, 0.6) is 0 Å². The number of nitrogens with one attached hydrogen (secondary N) is 1. The van der Waals surface area contributed by atoms with E-state index in [4.69, 9.17) is 14.0 Å². The van der Waals surface area contributed by atoms with Crippen LogP contribution >= 0.6 is 12.6 Å². The highest BCUT2D eigenvalue weighted by molar-refractivity contribution is 7.80. The third-order valence-corrected chi connectivity index (χ3v) is 5.40. The first-order valence-corrected chi connectivity index (χ1v) is 9.49. The van der Waals surface area contributed by atoms with Gasteiger partial charge in [-0.25, -0.2) is 4.79 Å². The van der Waals surface area contributed by atoms with Crippen LogP contribution in [0.4, 0.5) is 10.5 Å². The number of hydrogen-bond acceptors (Lipinski definition) is 5. The summed E-state index contributed by atoms with van der Waals surface area (Å²) in [6.07, 6.45) is -0.680. The fourth-order valence-electron chi connectivity index (χ4n) is 2.86. The van der Waals surface area contributed by atoms with E-state index in [1.807, 2.05) is 53.7 Å². The van der Waals surface area contributed by atoms with E-state index in [1.54, 1.807) is 0 Å². The topological polar surface area (TPSA) is 56.8 Å². The van der Waals surface area contributed by atoms with Gasteiger partial charge in [-0.3, -0.25) is 5.32 Å². The number of hydrogen-bond donors (Lipinski definition) is 2. The third-order valence-electron chi connectivity index (χ3n) is 4.91. The fourth-order valence-corrected chi connectivity index (χ4v) is 3.38. The molecule has 0 spiro atoms. The number of ether oxygens (including phenoxy) is 1. The van der Waals surface area contributed by atoms with E-state index in [0.29, 0.717) is 10.6 Å². The molecular formula is C19H30BNO4S. The van der Waals surface area contributed by atoms with Crippen LogP contribution in [-0.2, 0) is 14.0 Å². The molecule has 0 unspecified atom stereocenters. The summed E-state index contributed by atoms with van der Waals surface area (Å²) in [6, 6.07) is 3.75. The maximum atomic E-state index is 12.0. The van der Waals surface area contributed by atoms with Crippen LogP contribution in [0, 0.1) is 0 Å². The molecule has 0 aliphatic carbocycles. The van der Waals surface area contributed by atoms with Gasteiger partial charge in [0.05, 0.1) is 23.0 Å². The standard InChI is InChI=1S/C19H30BNO4S/c1-11(2)15-13(20-24-18(5,6)19(7,8)25-20)9-10-14(16(15)26)21-17(22)23-12(3)4/h9-12,26H,1-8H3,(H,21,22). The van der Waals surface area contributed by atoms with Gasteiger partial charge >= 0.3 is 13.2 Å². The van der Waals surface area contributed by atoms with Crippen LogP contribution in [0.25, 0.3) is 0 Å². The lowest BCUT2D eigenvalue weighted by molar-refractivity contribution is 0.00578. The van der Waals surface area contributed by atoms with Crippen molar-refractivity contribution in [2.45, 2.75) is 83.5 Å². The van der Waals surface area contributed by atoms with Crippen molar-refractivity contribution in [3.05, 3.63) is 17.7 Å². The minimum Gasteiger partial charge on any atom is -0.447 e. The Balaban J connectivity index is 2.38. The Labute approximate surface area is 162 Å². The van der Waals surface area contributed by atoms with Gasteiger partial charge in [0.2, 0.25) is 0 Å². The zero-order valence-electron chi connectivity index (χ0n) is 17.0. The highest BCUT2D eigenvalue weighted by atomic mass is 32.1. The molecule has 1 aromatic rings.